The van der Waals surface area contributed by atoms with Gasteiger partial charge in [0.1, 0.15) is 17.2 Å². The highest BCUT2D eigenvalue weighted by Crippen LogP contribution is 2.43. The Hall–Kier alpha value is -2.66. The third-order valence-corrected chi connectivity index (χ3v) is 12.6. The lowest BCUT2D eigenvalue weighted by Gasteiger charge is -2.38. The average Bonchev–Trinajstić information content (AvgIpc) is 3.47. The summed E-state index contributed by atoms with van der Waals surface area (Å²) < 4.78 is 20.0. The smallest absolute Gasteiger partial charge is 0.407 e. The van der Waals surface area contributed by atoms with E-state index in [4.69, 9.17) is 19.0 Å². The summed E-state index contributed by atoms with van der Waals surface area (Å²) >= 11 is 0. The first-order valence-electron chi connectivity index (χ1n) is 15.7. The van der Waals surface area contributed by atoms with Crippen molar-refractivity contribution in [3.05, 3.63) is 24.0 Å². The van der Waals surface area contributed by atoms with Crippen LogP contribution in [0.2, 0.25) is 18.1 Å². The van der Waals surface area contributed by atoms with Gasteiger partial charge in [0.15, 0.2) is 8.32 Å². The SMILES string of the molecule is C[C@@H](CCCOc1nccc(Nc2cc([C@H]3CC[C@@H](O[Si](C)(C)C(C)(C)C)C3)nn2C(C)(C)C)n1)NC(=O)OC(C)(C)C. The second-order valence-electron chi connectivity index (χ2n) is 15.4. The molecule has 0 bridgehead atoms. The van der Waals surface area contributed by atoms with E-state index in [1.54, 1.807) is 6.20 Å². The molecule has 1 amide bonds. The van der Waals surface area contributed by atoms with Gasteiger partial charge in [-0.05, 0) is 105 Å². The summed E-state index contributed by atoms with van der Waals surface area (Å²) in [5, 5.41) is 11.6. The van der Waals surface area contributed by atoms with Crippen LogP contribution in [-0.4, -0.2) is 58.5 Å². The predicted octanol–water partition coefficient (Wildman–Crippen LogP) is 7.90. The number of aromatic nitrogens is 4. The molecule has 10 nitrogen and oxygen atoms in total. The lowest BCUT2D eigenvalue weighted by molar-refractivity contribution is 0.0504. The molecule has 242 valence electrons. The number of nitrogens with one attached hydrogen (secondary N) is 2. The van der Waals surface area contributed by atoms with Gasteiger partial charge in [0, 0.05) is 30.3 Å². The Kier molecular flexibility index (Phi) is 11.0. The standard InChI is InChI=1S/C32H56N6O4Si/c1-22(34-29(39)41-31(5,6)7)14-13-19-40-28-33-18-17-26(36-28)35-27-21-25(37-38(27)30(2,3)4)23-15-16-24(20-23)42-43(11,12)32(8,9)10/h17-18,21-24H,13-16,19-20H2,1-12H3,(H,34,39)(H,33,35,36)/t22-,23-,24+/m0/s1. The number of nitrogens with zero attached hydrogens (tertiary/aromatic N) is 4. The van der Waals surface area contributed by atoms with Gasteiger partial charge in [-0.1, -0.05) is 20.8 Å². The molecule has 0 aromatic carbocycles. The fraction of sp³-hybridized carbons (Fsp3) is 0.750. The molecule has 1 aliphatic rings. The van der Waals surface area contributed by atoms with E-state index in [-0.39, 0.29) is 16.6 Å². The minimum absolute atomic E-state index is 0.0342. The Bertz CT molecular complexity index is 1210. The molecule has 2 aromatic rings. The van der Waals surface area contributed by atoms with Crippen molar-refractivity contribution in [2.45, 2.75) is 149 Å². The number of ether oxygens (including phenoxy) is 2. The van der Waals surface area contributed by atoms with Crippen LogP contribution in [0, 0.1) is 0 Å². The molecule has 1 saturated carbocycles. The number of hydrogen-bond acceptors (Lipinski definition) is 8. The Morgan fingerprint density at radius 1 is 1.12 bits per heavy atom. The highest BCUT2D eigenvalue weighted by atomic mass is 28.4. The zero-order chi connectivity index (χ0) is 32.2. The van der Waals surface area contributed by atoms with Gasteiger partial charge in [-0.3, -0.25) is 0 Å². The lowest BCUT2D eigenvalue weighted by Crippen LogP contribution is -2.43. The minimum atomic E-state index is -1.81. The highest BCUT2D eigenvalue weighted by Gasteiger charge is 2.41. The lowest BCUT2D eigenvalue weighted by atomic mass is 10.0. The first-order chi connectivity index (χ1) is 19.7. The maximum absolute atomic E-state index is 12.0. The number of alkyl carbamates (subject to hydrolysis) is 1. The Morgan fingerprint density at radius 3 is 2.44 bits per heavy atom. The highest BCUT2D eigenvalue weighted by molar-refractivity contribution is 6.74. The topological polar surface area (TPSA) is 112 Å². The molecule has 0 radical (unpaired) electrons. The monoisotopic (exact) mass is 616 g/mol. The number of rotatable bonds is 11. The zero-order valence-electron chi connectivity index (χ0n) is 28.6. The van der Waals surface area contributed by atoms with Gasteiger partial charge in [-0.25, -0.2) is 14.5 Å². The minimum Gasteiger partial charge on any atom is -0.463 e. The van der Waals surface area contributed by atoms with Crippen molar-refractivity contribution < 1.29 is 18.7 Å². The summed E-state index contributed by atoms with van der Waals surface area (Å²) in [5.41, 5.74) is 0.361. The third-order valence-electron chi connectivity index (χ3n) is 8.10. The normalized spacial score (nSPS) is 18.8. The van der Waals surface area contributed by atoms with Gasteiger partial charge in [0.25, 0.3) is 0 Å². The fourth-order valence-corrected chi connectivity index (χ4v) is 6.25. The van der Waals surface area contributed by atoms with E-state index in [1.807, 2.05) is 38.4 Å². The van der Waals surface area contributed by atoms with Crippen LogP contribution in [0.4, 0.5) is 16.4 Å². The van der Waals surface area contributed by atoms with Crippen molar-refractivity contribution in [3.63, 3.8) is 0 Å². The van der Waals surface area contributed by atoms with Crippen LogP contribution in [0.3, 0.4) is 0 Å². The molecule has 3 atom stereocenters. The van der Waals surface area contributed by atoms with E-state index in [0.717, 1.165) is 43.6 Å². The van der Waals surface area contributed by atoms with Crippen molar-refractivity contribution in [3.8, 4) is 6.01 Å². The van der Waals surface area contributed by atoms with Crippen molar-refractivity contribution in [2.24, 2.45) is 0 Å². The molecular weight excluding hydrogens is 560 g/mol. The van der Waals surface area contributed by atoms with Crippen LogP contribution < -0.4 is 15.4 Å². The fourth-order valence-electron chi connectivity index (χ4n) is 4.85. The van der Waals surface area contributed by atoms with Gasteiger partial charge in [-0.2, -0.15) is 10.1 Å². The maximum Gasteiger partial charge on any atom is 0.407 e. The first-order valence-corrected chi connectivity index (χ1v) is 18.6. The summed E-state index contributed by atoms with van der Waals surface area (Å²) in [5.74, 6) is 1.91. The van der Waals surface area contributed by atoms with E-state index in [1.165, 1.54) is 0 Å². The molecule has 0 spiro atoms. The second kappa shape index (κ2) is 13.5. The van der Waals surface area contributed by atoms with Crippen LogP contribution in [-0.2, 0) is 14.7 Å². The van der Waals surface area contributed by atoms with Crippen LogP contribution in [0.1, 0.15) is 113 Å². The molecular formula is C32H56N6O4Si. The van der Waals surface area contributed by atoms with Crippen LogP contribution in [0.5, 0.6) is 6.01 Å². The molecule has 2 N–H and O–H groups in total. The number of carbonyl (C=O) groups is 1. The molecule has 0 aliphatic heterocycles. The maximum atomic E-state index is 12.0. The van der Waals surface area contributed by atoms with Crippen molar-refractivity contribution >= 4 is 26.0 Å². The van der Waals surface area contributed by atoms with Gasteiger partial charge < -0.3 is 24.5 Å². The summed E-state index contributed by atoms with van der Waals surface area (Å²) in [6, 6.07) is 4.26. The van der Waals surface area contributed by atoms with Gasteiger partial charge >= 0.3 is 12.1 Å². The van der Waals surface area contributed by atoms with Crippen molar-refractivity contribution in [1.29, 1.82) is 0 Å². The summed E-state index contributed by atoms with van der Waals surface area (Å²) in [6.07, 6.45) is 6.21. The molecule has 0 unspecified atom stereocenters. The predicted molar refractivity (Wildman–Crippen MR) is 175 cm³/mol. The van der Waals surface area contributed by atoms with Crippen LogP contribution in [0.25, 0.3) is 0 Å². The summed E-state index contributed by atoms with van der Waals surface area (Å²) in [7, 11) is -1.81. The van der Waals surface area contributed by atoms with Crippen molar-refractivity contribution in [1.82, 2.24) is 25.1 Å². The van der Waals surface area contributed by atoms with Crippen LogP contribution >= 0.6 is 0 Å². The van der Waals surface area contributed by atoms with Gasteiger partial charge in [0.05, 0.1) is 17.8 Å². The number of carbonyl (C=O) groups excluding carboxylic acids is 1. The van der Waals surface area contributed by atoms with E-state index < -0.39 is 20.0 Å². The van der Waals surface area contributed by atoms with Crippen molar-refractivity contribution in [2.75, 3.05) is 11.9 Å². The molecule has 0 saturated heterocycles. The molecule has 11 heteroatoms. The first kappa shape index (κ1) is 34.8. The van der Waals surface area contributed by atoms with Crippen LogP contribution in [0.15, 0.2) is 18.3 Å². The van der Waals surface area contributed by atoms with E-state index in [9.17, 15) is 4.79 Å². The van der Waals surface area contributed by atoms with E-state index >= 15 is 0 Å². The number of amides is 1. The second-order valence-corrected chi connectivity index (χ2v) is 20.2. The molecule has 43 heavy (non-hydrogen) atoms. The Labute approximate surface area is 260 Å². The number of anilines is 2. The largest absolute Gasteiger partial charge is 0.463 e. The summed E-state index contributed by atoms with van der Waals surface area (Å²) in [4.78, 5) is 20.8. The Morgan fingerprint density at radius 2 is 1.81 bits per heavy atom. The quantitative estimate of drug-likeness (QED) is 0.194. The molecule has 2 aromatic heterocycles. The molecule has 1 aliphatic carbocycles. The molecule has 1 fully saturated rings. The Balaban J connectivity index is 1.59. The van der Waals surface area contributed by atoms with E-state index in [2.05, 4.69) is 81.3 Å². The zero-order valence-corrected chi connectivity index (χ0v) is 29.6. The molecule has 3 rings (SSSR count). The summed E-state index contributed by atoms with van der Waals surface area (Å²) in [6.45, 7) is 25.9. The van der Waals surface area contributed by atoms with E-state index in [0.29, 0.717) is 30.5 Å². The third kappa shape index (κ3) is 10.5. The number of hydrogen-bond donors (Lipinski definition) is 2. The average molecular weight is 617 g/mol. The van der Waals surface area contributed by atoms with Gasteiger partial charge in [-0.15, -0.1) is 0 Å². The molecule has 2 heterocycles. The van der Waals surface area contributed by atoms with Gasteiger partial charge in [0.2, 0.25) is 0 Å².